The molecule has 0 amide bonds. The van der Waals surface area contributed by atoms with Crippen LogP contribution < -0.4 is 4.74 Å². The molecule has 0 atom stereocenters. The van der Waals surface area contributed by atoms with Crippen LogP contribution in [0.5, 0.6) is 11.6 Å². The van der Waals surface area contributed by atoms with Crippen LogP contribution in [-0.2, 0) is 11.0 Å². The van der Waals surface area contributed by atoms with Crippen LogP contribution in [0.15, 0.2) is 48.2 Å². The Morgan fingerprint density at radius 3 is 2.44 bits per heavy atom. The monoisotopic (exact) mass is 347 g/mol. The van der Waals surface area contributed by atoms with E-state index in [-0.39, 0.29) is 5.88 Å². The third-order valence-corrected chi connectivity index (χ3v) is 3.96. The fourth-order valence-corrected chi connectivity index (χ4v) is 2.63. The van der Waals surface area contributed by atoms with E-state index in [9.17, 15) is 18.0 Å². The molecule has 6 heteroatoms. The molecule has 0 radical (unpaired) electrons. The molecule has 0 unspecified atom stereocenters. The minimum absolute atomic E-state index is 0.0982. The molecule has 0 saturated heterocycles. The van der Waals surface area contributed by atoms with Crippen LogP contribution in [0.2, 0.25) is 0 Å². The molecule has 130 valence electrons. The smallest absolute Gasteiger partial charge is 0.417 e. The SMILES string of the molecule is O=C1CCC(=Cc2cccc(Oc3ccc(C(F)(F)F)cn3)c2)CC1. The number of allylic oxidation sites excluding steroid dienone is 1. The summed E-state index contributed by atoms with van der Waals surface area (Å²) in [4.78, 5) is 15.0. The molecule has 0 N–H and O–H groups in total. The Labute approximate surface area is 143 Å². The second-order valence-electron chi connectivity index (χ2n) is 5.90. The number of ketones is 1. The molecule has 1 aliphatic carbocycles. The lowest BCUT2D eigenvalue weighted by Crippen LogP contribution is -2.05. The van der Waals surface area contributed by atoms with Crippen LogP contribution in [0, 0.1) is 0 Å². The minimum atomic E-state index is -4.42. The number of halogens is 3. The average Bonchev–Trinajstić information content (AvgIpc) is 2.57. The van der Waals surface area contributed by atoms with Gasteiger partial charge in [-0.1, -0.05) is 23.8 Å². The molecule has 25 heavy (non-hydrogen) atoms. The summed E-state index contributed by atoms with van der Waals surface area (Å²) in [5.41, 5.74) is 1.32. The highest BCUT2D eigenvalue weighted by Gasteiger charge is 2.30. The van der Waals surface area contributed by atoms with Gasteiger partial charge in [-0.25, -0.2) is 4.98 Å². The van der Waals surface area contributed by atoms with E-state index in [1.807, 2.05) is 12.1 Å². The molecule has 1 fully saturated rings. The van der Waals surface area contributed by atoms with Crippen molar-refractivity contribution in [3.05, 3.63) is 59.3 Å². The number of pyridine rings is 1. The molecule has 2 aromatic rings. The summed E-state index contributed by atoms with van der Waals surface area (Å²) in [5, 5.41) is 0. The molecular weight excluding hydrogens is 331 g/mol. The number of alkyl halides is 3. The summed E-state index contributed by atoms with van der Waals surface area (Å²) in [6.07, 6.45) is 1.06. The molecule has 1 heterocycles. The highest BCUT2D eigenvalue weighted by atomic mass is 19.4. The first-order chi connectivity index (χ1) is 11.9. The van der Waals surface area contributed by atoms with Crippen molar-refractivity contribution in [1.82, 2.24) is 4.98 Å². The molecule has 0 aliphatic heterocycles. The maximum Gasteiger partial charge on any atom is 0.417 e. The zero-order valence-corrected chi connectivity index (χ0v) is 13.3. The molecule has 1 aliphatic rings. The summed E-state index contributed by atoms with van der Waals surface area (Å²) in [5.74, 6) is 0.886. The Kier molecular flexibility index (Phi) is 4.88. The average molecular weight is 347 g/mol. The highest BCUT2D eigenvalue weighted by Crippen LogP contribution is 2.30. The zero-order valence-electron chi connectivity index (χ0n) is 13.3. The summed E-state index contributed by atoms with van der Waals surface area (Å²) >= 11 is 0. The fourth-order valence-electron chi connectivity index (χ4n) is 2.63. The summed E-state index contributed by atoms with van der Waals surface area (Å²) < 4.78 is 43.1. The number of carbonyl (C=O) groups excluding carboxylic acids is 1. The molecule has 1 aromatic heterocycles. The Morgan fingerprint density at radius 2 is 1.80 bits per heavy atom. The number of nitrogens with zero attached hydrogens (tertiary/aromatic N) is 1. The first kappa shape index (κ1) is 17.2. The van der Waals surface area contributed by atoms with Crippen LogP contribution in [0.3, 0.4) is 0 Å². The maximum atomic E-state index is 12.5. The van der Waals surface area contributed by atoms with Crippen LogP contribution in [0.4, 0.5) is 13.2 Å². The van der Waals surface area contributed by atoms with Crippen molar-refractivity contribution in [1.29, 1.82) is 0 Å². The van der Waals surface area contributed by atoms with E-state index in [4.69, 9.17) is 4.74 Å². The Bertz CT molecular complexity index is 783. The van der Waals surface area contributed by atoms with Gasteiger partial charge in [-0.2, -0.15) is 13.2 Å². The minimum Gasteiger partial charge on any atom is -0.439 e. The lowest BCUT2D eigenvalue weighted by atomic mass is 9.92. The third-order valence-electron chi connectivity index (χ3n) is 3.96. The Hall–Kier alpha value is -2.63. The molecule has 3 rings (SSSR count). The number of hydrogen-bond acceptors (Lipinski definition) is 3. The lowest BCUT2D eigenvalue weighted by molar-refractivity contribution is -0.137. The Morgan fingerprint density at radius 1 is 1.04 bits per heavy atom. The number of hydrogen-bond donors (Lipinski definition) is 0. The number of carbonyl (C=O) groups is 1. The summed E-state index contributed by atoms with van der Waals surface area (Å²) in [7, 11) is 0. The number of ether oxygens (including phenoxy) is 1. The van der Waals surface area contributed by atoms with E-state index in [2.05, 4.69) is 4.98 Å². The normalized spacial score (nSPS) is 15.2. The number of aromatic nitrogens is 1. The zero-order chi connectivity index (χ0) is 17.9. The van der Waals surface area contributed by atoms with Crippen LogP contribution in [-0.4, -0.2) is 10.8 Å². The van der Waals surface area contributed by atoms with E-state index in [1.165, 1.54) is 11.6 Å². The number of benzene rings is 1. The van der Waals surface area contributed by atoms with Gasteiger partial charge in [-0.05, 0) is 36.6 Å². The van der Waals surface area contributed by atoms with Gasteiger partial charge in [0.05, 0.1) is 5.56 Å². The summed E-state index contributed by atoms with van der Waals surface area (Å²) in [6, 6.07) is 9.36. The van der Waals surface area contributed by atoms with E-state index in [0.29, 0.717) is 24.4 Å². The highest BCUT2D eigenvalue weighted by molar-refractivity contribution is 5.80. The van der Waals surface area contributed by atoms with Gasteiger partial charge in [-0.15, -0.1) is 0 Å². The van der Waals surface area contributed by atoms with Crippen molar-refractivity contribution >= 4 is 11.9 Å². The van der Waals surface area contributed by atoms with Crippen LogP contribution in [0.1, 0.15) is 36.8 Å². The van der Waals surface area contributed by atoms with Gasteiger partial charge < -0.3 is 4.74 Å². The van der Waals surface area contributed by atoms with Crippen molar-refractivity contribution in [3.63, 3.8) is 0 Å². The molecule has 1 saturated carbocycles. The summed E-state index contributed by atoms with van der Waals surface area (Å²) in [6.45, 7) is 0. The van der Waals surface area contributed by atoms with Crippen LogP contribution in [0.25, 0.3) is 6.08 Å². The second kappa shape index (κ2) is 7.09. The predicted octanol–water partition coefficient (Wildman–Crippen LogP) is 5.42. The number of Topliss-reactive ketones (excluding diaryl/α,β-unsaturated/α-hetero) is 1. The molecule has 3 nitrogen and oxygen atoms in total. The fraction of sp³-hybridized carbons (Fsp3) is 0.263. The van der Waals surface area contributed by atoms with Gasteiger partial charge in [0.15, 0.2) is 0 Å². The molecule has 0 bridgehead atoms. The Balaban J connectivity index is 1.71. The third kappa shape index (κ3) is 4.68. The van der Waals surface area contributed by atoms with Gasteiger partial charge in [-0.3, -0.25) is 4.79 Å². The second-order valence-corrected chi connectivity index (χ2v) is 5.90. The first-order valence-electron chi connectivity index (χ1n) is 7.92. The van der Waals surface area contributed by atoms with Gasteiger partial charge in [0, 0.05) is 25.1 Å². The maximum absolute atomic E-state index is 12.5. The standard InChI is InChI=1S/C19H16F3NO2/c20-19(21,22)15-6-9-18(23-12-15)25-17-3-1-2-14(11-17)10-13-4-7-16(24)8-5-13/h1-3,6,9-12H,4-5,7-8H2. The number of rotatable bonds is 3. The van der Waals surface area contributed by atoms with Crippen molar-refractivity contribution in [2.45, 2.75) is 31.9 Å². The van der Waals surface area contributed by atoms with Gasteiger partial charge >= 0.3 is 6.18 Å². The van der Waals surface area contributed by atoms with E-state index < -0.39 is 11.7 Å². The van der Waals surface area contributed by atoms with Gasteiger partial charge in [0.2, 0.25) is 5.88 Å². The first-order valence-corrected chi connectivity index (χ1v) is 7.92. The van der Waals surface area contributed by atoms with E-state index in [0.717, 1.165) is 30.7 Å². The topological polar surface area (TPSA) is 39.2 Å². The largest absolute Gasteiger partial charge is 0.439 e. The van der Waals surface area contributed by atoms with Crippen molar-refractivity contribution in [2.75, 3.05) is 0 Å². The van der Waals surface area contributed by atoms with Crippen molar-refractivity contribution in [3.8, 4) is 11.6 Å². The van der Waals surface area contributed by atoms with E-state index >= 15 is 0 Å². The quantitative estimate of drug-likeness (QED) is 0.744. The van der Waals surface area contributed by atoms with Gasteiger partial charge in [0.1, 0.15) is 11.5 Å². The van der Waals surface area contributed by atoms with Crippen molar-refractivity contribution < 1.29 is 22.7 Å². The molecule has 0 spiro atoms. The van der Waals surface area contributed by atoms with Crippen LogP contribution >= 0.6 is 0 Å². The molecular formula is C19H16F3NO2. The predicted molar refractivity (Wildman–Crippen MR) is 87.2 cm³/mol. The van der Waals surface area contributed by atoms with Gasteiger partial charge in [0.25, 0.3) is 0 Å². The van der Waals surface area contributed by atoms with E-state index in [1.54, 1.807) is 18.2 Å². The lowest BCUT2D eigenvalue weighted by Gasteiger charge is -2.13. The molecule has 1 aromatic carbocycles. The van der Waals surface area contributed by atoms with Crippen molar-refractivity contribution in [2.24, 2.45) is 0 Å².